The van der Waals surface area contributed by atoms with Crippen molar-refractivity contribution in [2.75, 3.05) is 6.61 Å². The molecule has 2 fully saturated rings. The van der Waals surface area contributed by atoms with Crippen molar-refractivity contribution in [3.8, 4) is 0 Å². The highest BCUT2D eigenvalue weighted by molar-refractivity contribution is 5.85. The zero-order chi connectivity index (χ0) is 11.0. The topological polar surface area (TPSA) is 46.6 Å². The second-order valence-electron chi connectivity index (χ2n) is 4.36. The molecule has 2 heterocycles. The van der Waals surface area contributed by atoms with Crippen molar-refractivity contribution in [2.45, 2.75) is 45.2 Å². The van der Waals surface area contributed by atoms with Crippen molar-refractivity contribution >= 4 is 11.9 Å². The standard InChI is InChI=1S/C11H17NO3/c1-3-15-11(14)12-8-4-5-9(12)7(2)10(13)6-8/h7-9H,3-6H2,1-2H3/t7-,8+,9+/m0/s1. The van der Waals surface area contributed by atoms with Crippen molar-refractivity contribution in [3.63, 3.8) is 0 Å². The third-order valence-corrected chi connectivity index (χ3v) is 3.55. The lowest BCUT2D eigenvalue weighted by atomic mass is 9.91. The van der Waals surface area contributed by atoms with E-state index in [-0.39, 0.29) is 24.1 Å². The summed E-state index contributed by atoms with van der Waals surface area (Å²) in [5.41, 5.74) is 0. The summed E-state index contributed by atoms with van der Waals surface area (Å²) in [6.07, 6.45) is 2.15. The van der Waals surface area contributed by atoms with Gasteiger partial charge in [-0.2, -0.15) is 0 Å². The summed E-state index contributed by atoms with van der Waals surface area (Å²) in [6, 6.07) is 0.174. The largest absolute Gasteiger partial charge is 0.450 e. The monoisotopic (exact) mass is 211 g/mol. The van der Waals surface area contributed by atoms with E-state index >= 15 is 0 Å². The molecule has 15 heavy (non-hydrogen) atoms. The maximum Gasteiger partial charge on any atom is 0.410 e. The Morgan fingerprint density at radius 3 is 2.93 bits per heavy atom. The van der Waals surface area contributed by atoms with Gasteiger partial charge in [0.1, 0.15) is 5.78 Å². The van der Waals surface area contributed by atoms with Gasteiger partial charge in [-0.25, -0.2) is 4.79 Å². The number of Topliss-reactive ketones (excluding diaryl/α,β-unsaturated/α-hetero) is 1. The van der Waals surface area contributed by atoms with Crippen LogP contribution in [-0.2, 0) is 9.53 Å². The van der Waals surface area contributed by atoms with Gasteiger partial charge in [0.05, 0.1) is 6.61 Å². The summed E-state index contributed by atoms with van der Waals surface area (Å²) in [5.74, 6) is 0.274. The van der Waals surface area contributed by atoms with Crippen molar-refractivity contribution in [2.24, 2.45) is 5.92 Å². The molecule has 1 amide bonds. The first-order valence-electron chi connectivity index (χ1n) is 5.63. The molecular formula is C11H17NO3. The minimum absolute atomic E-state index is 0.0202. The molecule has 0 aromatic rings. The first-order chi connectivity index (χ1) is 7.15. The van der Waals surface area contributed by atoms with E-state index in [1.807, 2.05) is 6.92 Å². The van der Waals surface area contributed by atoms with Gasteiger partial charge >= 0.3 is 6.09 Å². The lowest BCUT2D eigenvalue weighted by Crippen LogP contribution is -2.51. The molecule has 0 aromatic heterocycles. The van der Waals surface area contributed by atoms with Gasteiger partial charge in [0.2, 0.25) is 0 Å². The van der Waals surface area contributed by atoms with E-state index in [4.69, 9.17) is 4.74 Å². The molecule has 0 unspecified atom stereocenters. The van der Waals surface area contributed by atoms with Gasteiger partial charge in [-0.3, -0.25) is 4.79 Å². The smallest absolute Gasteiger partial charge is 0.410 e. The van der Waals surface area contributed by atoms with Crippen LogP contribution in [0.15, 0.2) is 0 Å². The van der Waals surface area contributed by atoms with E-state index in [1.165, 1.54) is 0 Å². The number of nitrogens with zero attached hydrogens (tertiary/aromatic N) is 1. The zero-order valence-corrected chi connectivity index (χ0v) is 9.23. The normalized spacial score (nSPS) is 34.4. The molecule has 4 nitrogen and oxygen atoms in total. The minimum atomic E-state index is -0.246. The van der Waals surface area contributed by atoms with Gasteiger partial charge in [0, 0.05) is 24.4 Å². The molecule has 0 saturated carbocycles. The number of ketones is 1. The molecule has 4 heteroatoms. The Labute approximate surface area is 89.6 Å². The van der Waals surface area contributed by atoms with Crippen LogP contribution >= 0.6 is 0 Å². The van der Waals surface area contributed by atoms with Crippen LogP contribution in [0.3, 0.4) is 0 Å². The number of carbonyl (C=O) groups is 2. The molecule has 2 aliphatic rings. The van der Waals surface area contributed by atoms with Gasteiger partial charge in [-0.05, 0) is 19.8 Å². The summed E-state index contributed by atoms with van der Waals surface area (Å²) < 4.78 is 5.02. The van der Waals surface area contributed by atoms with E-state index in [1.54, 1.807) is 11.8 Å². The average molecular weight is 211 g/mol. The zero-order valence-electron chi connectivity index (χ0n) is 9.23. The highest BCUT2D eigenvalue weighted by Gasteiger charge is 2.47. The summed E-state index contributed by atoms with van der Waals surface area (Å²) in [6.45, 7) is 4.12. The highest BCUT2D eigenvalue weighted by Crippen LogP contribution is 2.37. The Kier molecular flexibility index (Phi) is 2.67. The fourth-order valence-corrected chi connectivity index (χ4v) is 2.72. The first-order valence-corrected chi connectivity index (χ1v) is 5.63. The molecule has 2 aliphatic heterocycles. The molecular weight excluding hydrogens is 194 g/mol. The molecule has 0 radical (unpaired) electrons. The summed E-state index contributed by atoms with van der Waals surface area (Å²) in [4.78, 5) is 25.1. The number of fused-ring (bicyclic) bond motifs is 2. The lowest BCUT2D eigenvalue weighted by molar-refractivity contribution is -0.127. The molecule has 0 spiro atoms. The third-order valence-electron chi connectivity index (χ3n) is 3.55. The number of ether oxygens (including phenoxy) is 1. The molecule has 2 rings (SSSR count). The van der Waals surface area contributed by atoms with Crippen LogP contribution in [0.1, 0.15) is 33.1 Å². The second-order valence-corrected chi connectivity index (χ2v) is 4.36. The SMILES string of the molecule is CCOC(=O)N1[C@@H]2CC[C@@H]1[C@H](C)C(=O)C2. The molecule has 0 aliphatic carbocycles. The summed E-state index contributed by atoms with van der Waals surface area (Å²) >= 11 is 0. The number of hydrogen-bond donors (Lipinski definition) is 0. The van der Waals surface area contributed by atoms with E-state index < -0.39 is 0 Å². The van der Waals surface area contributed by atoms with Crippen LogP contribution in [0.25, 0.3) is 0 Å². The molecule has 3 atom stereocenters. The average Bonchev–Trinajstić information content (AvgIpc) is 2.54. The van der Waals surface area contributed by atoms with Gasteiger partial charge < -0.3 is 9.64 Å². The number of piperidine rings is 1. The molecule has 0 N–H and O–H groups in total. The Morgan fingerprint density at radius 2 is 2.27 bits per heavy atom. The van der Waals surface area contributed by atoms with Crippen LogP contribution in [0.5, 0.6) is 0 Å². The molecule has 2 saturated heterocycles. The van der Waals surface area contributed by atoms with Gasteiger partial charge in [0.25, 0.3) is 0 Å². The Hall–Kier alpha value is -1.06. The molecule has 84 valence electrons. The predicted molar refractivity (Wildman–Crippen MR) is 54.5 cm³/mol. The minimum Gasteiger partial charge on any atom is -0.450 e. The number of hydrogen-bond acceptors (Lipinski definition) is 3. The second kappa shape index (κ2) is 3.83. The Morgan fingerprint density at radius 1 is 1.53 bits per heavy atom. The lowest BCUT2D eigenvalue weighted by Gasteiger charge is -2.36. The van der Waals surface area contributed by atoms with Crippen LogP contribution in [0, 0.1) is 5.92 Å². The number of rotatable bonds is 1. The third kappa shape index (κ3) is 1.62. The van der Waals surface area contributed by atoms with Crippen molar-refractivity contribution in [1.82, 2.24) is 4.90 Å². The molecule has 0 aromatic carbocycles. The van der Waals surface area contributed by atoms with Crippen molar-refractivity contribution in [1.29, 1.82) is 0 Å². The summed E-state index contributed by atoms with van der Waals surface area (Å²) in [7, 11) is 0. The fourth-order valence-electron chi connectivity index (χ4n) is 2.72. The predicted octanol–water partition coefficient (Wildman–Crippen LogP) is 1.58. The van der Waals surface area contributed by atoms with Gasteiger partial charge in [-0.15, -0.1) is 0 Å². The van der Waals surface area contributed by atoms with Crippen LogP contribution in [-0.4, -0.2) is 35.5 Å². The maximum absolute atomic E-state index is 11.7. The van der Waals surface area contributed by atoms with E-state index in [0.29, 0.717) is 18.8 Å². The Balaban J connectivity index is 2.14. The molecule has 2 bridgehead atoms. The van der Waals surface area contributed by atoms with E-state index in [2.05, 4.69) is 0 Å². The number of carbonyl (C=O) groups excluding carboxylic acids is 2. The van der Waals surface area contributed by atoms with Crippen molar-refractivity contribution in [3.05, 3.63) is 0 Å². The Bertz CT molecular complexity index is 290. The van der Waals surface area contributed by atoms with Crippen LogP contribution in [0.2, 0.25) is 0 Å². The summed E-state index contributed by atoms with van der Waals surface area (Å²) in [5, 5.41) is 0. The van der Waals surface area contributed by atoms with E-state index in [9.17, 15) is 9.59 Å². The van der Waals surface area contributed by atoms with Gasteiger partial charge in [-0.1, -0.05) is 6.92 Å². The maximum atomic E-state index is 11.7. The number of amides is 1. The quantitative estimate of drug-likeness (QED) is 0.661. The van der Waals surface area contributed by atoms with Crippen LogP contribution in [0.4, 0.5) is 4.79 Å². The fraction of sp³-hybridized carbons (Fsp3) is 0.818. The van der Waals surface area contributed by atoms with Crippen molar-refractivity contribution < 1.29 is 14.3 Å². The highest BCUT2D eigenvalue weighted by atomic mass is 16.6. The van der Waals surface area contributed by atoms with Crippen LogP contribution < -0.4 is 0 Å². The van der Waals surface area contributed by atoms with E-state index in [0.717, 1.165) is 12.8 Å². The van der Waals surface area contributed by atoms with Gasteiger partial charge in [0.15, 0.2) is 0 Å². The first kappa shape index (κ1) is 10.5.